The van der Waals surface area contributed by atoms with Crippen LogP contribution in [0.3, 0.4) is 0 Å². The molecule has 19 heavy (non-hydrogen) atoms. The van der Waals surface area contributed by atoms with Gasteiger partial charge in [-0.3, -0.25) is 9.00 Å². The molecule has 1 atom stereocenters. The van der Waals surface area contributed by atoms with Gasteiger partial charge in [-0.2, -0.15) is 0 Å². The highest BCUT2D eigenvalue weighted by Gasteiger charge is 2.16. The van der Waals surface area contributed by atoms with Crippen molar-refractivity contribution in [3.05, 3.63) is 47.3 Å². The average molecular weight is 294 g/mol. The van der Waals surface area contributed by atoms with Crippen molar-refractivity contribution in [1.29, 1.82) is 0 Å². The lowest BCUT2D eigenvalue weighted by atomic mass is 10.1. The molecule has 100 valence electrons. The second-order valence-corrected chi connectivity index (χ2v) is 6.40. The van der Waals surface area contributed by atoms with E-state index in [1.807, 2.05) is 24.4 Å². The summed E-state index contributed by atoms with van der Waals surface area (Å²) in [4.78, 5) is 12.2. The molecule has 1 aromatic heterocycles. The topological polar surface area (TPSA) is 43.4 Å². The molecule has 0 aliphatic carbocycles. The lowest BCUT2D eigenvalue weighted by Crippen LogP contribution is -2.12. The van der Waals surface area contributed by atoms with Crippen LogP contribution in [0.5, 0.6) is 5.75 Å². The number of hydrogen-bond acceptors (Lipinski definition) is 4. The molecule has 3 nitrogen and oxygen atoms in total. The van der Waals surface area contributed by atoms with E-state index in [1.54, 1.807) is 24.3 Å². The molecule has 0 saturated heterocycles. The Kier molecular flexibility index (Phi) is 4.87. The Bertz CT molecular complexity index is 576. The summed E-state index contributed by atoms with van der Waals surface area (Å²) in [6.45, 7) is 2.36. The average Bonchev–Trinajstić information content (AvgIpc) is 2.93. The molecule has 0 spiro atoms. The van der Waals surface area contributed by atoms with Gasteiger partial charge in [0.25, 0.3) is 0 Å². The van der Waals surface area contributed by atoms with Gasteiger partial charge in [-0.25, -0.2) is 0 Å². The van der Waals surface area contributed by atoms with E-state index >= 15 is 0 Å². The van der Waals surface area contributed by atoms with Gasteiger partial charge in [0.2, 0.25) is 0 Å². The van der Waals surface area contributed by atoms with Gasteiger partial charge in [0.1, 0.15) is 5.75 Å². The van der Waals surface area contributed by atoms with Gasteiger partial charge in [0.05, 0.1) is 32.9 Å². The summed E-state index contributed by atoms with van der Waals surface area (Å²) < 4.78 is 18.2. The maximum atomic E-state index is 12.2. The molecule has 2 rings (SSSR count). The summed E-state index contributed by atoms with van der Waals surface area (Å²) >= 11 is 1.40. The lowest BCUT2D eigenvalue weighted by molar-refractivity contribution is 0.101. The first-order valence-electron chi connectivity index (χ1n) is 5.89. The molecule has 1 aromatic carbocycles. The number of carbonyl (C=O) groups is 1. The molecule has 0 aliphatic rings. The minimum atomic E-state index is -1.28. The van der Waals surface area contributed by atoms with E-state index in [4.69, 9.17) is 4.74 Å². The highest BCUT2D eigenvalue weighted by Crippen LogP contribution is 2.21. The van der Waals surface area contributed by atoms with Crippen molar-refractivity contribution in [3.8, 4) is 5.75 Å². The molecule has 0 fully saturated rings. The van der Waals surface area contributed by atoms with E-state index in [1.165, 1.54) is 11.3 Å². The maximum absolute atomic E-state index is 12.2. The molecular weight excluding hydrogens is 280 g/mol. The van der Waals surface area contributed by atoms with Crippen molar-refractivity contribution in [2.24, 2.45) is 0 Å². The highest BCUT2D eigenvalue weighted by molar-refractivity contribution is 7.88. The minimum absolute atomic E-state index is 0.00932. The van der Waals surface area contributed by atoms with Crippen LogP contribution in [-0.4, -0.2) is 22.4 Å². The van der Waals surface area contributed by atoms with E-state index in [2.05, 4.69) is 0 Å². The molecule has 0 bridgehead atoms. The molecule has 1 heterocycles. The Labute approximate surface area is 118 Å². The van der Waals surface area contributed by atoms with Gasteiger partial charge in [-0.05, 0) is 30.5 Å². The Morgan fingerprint density at radius 2 is 2.05 bits per heavy atom. The summed E-state index contributed by atoms with van der Waals surface area (Å²) in [5, 5.41) is 1.85. The number of thiophene rings is 1. The van der Waals surface area contributed by atoms with Crippen LogP contribution in [0.25, 0.3) is 0 Å². The van der Waals surface area contributed by atoms with Gasteiger partial charge in [0.15, 0.2) is 5.78 Å². The third-order valence-corrected chi connectivity index (χ3v) is 5.09. The minimum Gasteiger partial charge on any atom is -0.493 e. The molecule has 5 heteroatoms. The summed E-state index contributed by atoms with van der Waals surface area (Å²) in [7, 11) is -1.28. The standard InChI is InChI=1S/C14H14O3S2/c1-2-17-13-7-4-3-6-11(13)12(15)10-19(16)14-8-5-9-18-14/h3-9H,2,10H2,1H3. The molecule has 0 radical (unpaired) electrons. The Morgan fingerprint density at radius 1 is 1.26 bits per heavy atom. The molecule has 0 N–H and O–H groups in total. The smallest absolute Gasteiger partial charge is 0.179 e. The second-order valence-electron chi connectivity index (χ2n) is 3.77. The SMILES string of the molecule is CCOc1ccccc1C(=O)CS(=O)c1cccs1. The van der Waals surface area contributed by atoms with E-state index in [9.17, 15) is 9.00 Å². The zero-order valence-electron chi connectivity index (χ0n) is 10.5. The van der Waals surface area contributed by atoms with Crippen LogP contribution in [0.1, 0.15) is 17.3 Å². The number of Topliss-reactive ketones (excluding diaryl/α,β-unsaturated/α-hetero) is 1. The number of para-hydroxylation sites is 1. The zero-order valence-corrected chi connectivity index (χ0v) is 12.1. The van der Waals surface area contributed by atoms with Crippen molar-refractivity contribution in [3.63, 3.8) is 0 Å². The number of hydrogen-bond donors (Lipinski definition) is 0. The first-order valence-corrected chi connectivity index (χ1v) is 8.09. The number of rotatable bonds is 6. The zero-order chi connectivity index (χ0) is 13.7. The fourth-order valence-corrected chi connectivity index (χ4v) is 3.63. The quantitative estimate of drug-likeness (QED) is 0.769. The predicted molar refractivity (Wildman–Crippen MR) is 77.5 cm³/mol. The van der Waals surface area contributed by atoms with Crippen molar-refractivity contribution in [2.45, 2.75) is 11.1 Å². The van der Waals surface area contributed by atoms with Crippen LogP contribution in [0.2, 0.25) is 0 Å². The van der Waals surface area contributed by atoms with E-state index in [0.717, 1.165) is 4.21 Å². The van der Waals surface area contributed by atoms with E-state index in [0.29, 0.717) is 17.9 Å². The van der Waals surface area contributed by atoms with E-state index in [-0.39, 0.29) is 11.5 Å². The Balaban J connectivity index is 2.14. The van der Waals surface area contributed by atoms with Crippen LogP contribution in [0.15, 0.2) is 46.0 Å². The van der Waals surface area contributed by atoms with Crippen LogP contribution in [0, 0.1) is 0 Å². The third kappa shape index (κ3) is 3.52. The van der Waals surface area contributed by atoms with Crippen LogP contribution < -0.4 is 4.74 Å². The highest BCUT2D eigenvalue weighted by atomic mass is 32.2. The van der Waals surface area contributed by atoms with Crippen molar-refractivity contribution in [2.75, 3.05) is 12.4 Å². The van der Waals surface area contributed by atoms with Gasteiger partial charge >= 0.3 is 0 Å². The number of ether oxygens (including phenoxy) is 1. The van der Waals surface area contributed by atoms with Crippen molar-refractivity contribution in [1.82, 2.24) is 0 Å². The summed E-state index contributed by atoms with van der Waals surface area (Å²) in [6, 6.07) is 10.7. The lowest BCUT2D eigenvalue weighted by Gasteiger charge is -2.08. The van der Waals surface area contributed by atoms with Crippen LogP contribution >= 0.6 is 11.3 Å². The monoisotopic (exact) mass is 294 g/mol. The first kappa shape index (κ1) is 14.0. The molecule has 0 saturated carbocycles. The number of benzene rings is 1. The van der Waals surface area contributed by atoms with Crippen molar-refractivity contribution < 1.29 is 13.7 Å². The Hall–Kier alpha value is -1.46. The number of carbonyl (C=O) groups excluding carboxylic acids is 1. The normalized spacial score (nSPS) is 12.1. The van der Waals surface area contributed by atoms with Gasteiger partial charge < -0.3 is 4.74 Å². The molecular formula is C14H14O3S2. The first-order chi connectivity index (χ1) is 9.22. The fourth-order valence-electron chi connectivity index (χ4n) is 1.64. The van der Waals surface area contributed by atoms with E-state index < -0.39 is 10.8 Å². The third-order valence-electron chi connectivity index (χ3n) is 2.47. The summed E-state index contributed by atoms with van der Waals surface area (Å²) in [6.07, 6.45) is 0. The molecule has 0 amide bonds. The molecule has 1 unspecified atom stereocenters. The van der Waals surface area contributed by atoms with Gasteiger partial charge in [-0.15, -0.1) is 11.3 Å². The summed E-state index contributed by atoms with van der Waals surface area (Å²) in [5.41, 5.74) is 0.495. The second kappa shape index (κ2) is 6.63. The summed E-state index contributed by atoms with van der Waals surface area (Å²) in [5.74, 6) is 0.388. The van der Waals surface area contributed by atoms with Crippen LogP contribution in [0.4, 0.5) is 0 Å². The van der Waals surface area contributed by atoms with Crippen LogP contribution in [-0.2, 0) is 10.8 Å². The number of ketones is 1. The molecule has 2 aromatic rings. The van der Waals surface area contributed by atoms with Gasteiger partial charge in [-0.1, -0.05) is 18.2 Å². The largest absolute Gasteiger partial charge is 0.493 e. The Morgan fingerprint density at radius 3 is 2.74 bits per heavy atom. The molecule has 0 aliphatic heterocycles. The predicted octanol–water partition coefficient (Wildman–Crippen LogP) is 3.14. The maximum Gasteiger partial charge on any atom is 0.179 e. The fraction of sp³-hybridized carbons (Fsp3) is 0.214. The van der Waals surface area contributed by atoms with Gasteiger partial charge in [0, 0.05) is 0 Å². The van der Waals surface area contributed by atoms with Crippen molar-refractivity contribution >= 4 is 27.9 Å².